The van der Waals surface area contributed by atoms with E-state index in [9.17, 15) is 10.2 Å². The highest BCUT2D eigenvalue weighted by Crippen LogP contribution is 2.38. The van der Waals surface area contributed by atoms with E-state index in [1.165, 1.54) is 0 Å². The normalized spacial score (nSPS) is 10.5. The number of rotatable bonds is 4. The molecule has 3 heteroatoms. The van der Waals surface area contributed by atoms with E-state index in [1.54, 1.807) is 30.3 Å². The fraction of sp³-hybridized carbons (Fsp3) is 0.200. The van der Waals surface area contributed by atoms with Crippen LogP contribution in [0.2, 0.25) is 0 Å². The van der Waals surface area contributed by atoms with Crippen LogP contribution in [-0.4, -0.2) is 21.9 Å². The summed E-state index contributed by atoms with van der Waals surface area (Å²) in [6.45, 7) is 0.107. The van der Waals surface area contributed by atoms with E-state index in [4.69, 9.17) is 5.11 Å². The Morgan fingerprint density at radius 2 is 1.56 bits per heavy atom. The zero-order valence-corrected chi connectivity index (χ0v) is 10.0. The molecule has 0 saturated heterocycles. The molecule has 0 bridgehead atoms. The highest BCUT2D eigenvalue weighted by molar-refractivity contribution is 5.78. The summed E-state index contributed by atoms with van der Waals surface area (Å²) in [5, 5.41) is 28.8. The van der Waals surface area contributed by atoms with Gasteiger partial charge in [0.2, 0.25) is 0 Å². The zero-order chi connectivity index (χ0) is 13.0. The molecule has 0 spiro atoms. The summed E-state index contributed by atoms with van der Waals surface area (Å²) in [6.07, 6.45) is 1.29. The van der Waals surface area contributed by atoms with Crippen LogP contribution in [0.5, 0.6) is 11.5 Å². The van der Waals surface area contributed by atoms with Crippen molar-refractivity contribution in [2.45, 2.75) is 12.8 Å². The Morgan fingerprint density at radius 1 is 0.833 bits per heavy atom. The van der Waals surface area contributed by atoms with Gasteiger partial charge in [-0.25, -0.2) is 0 Å². The molecule has 0 aliphatic heterocycles. The number of aromatic hydroxyl groups is 2. The summed E-state index contributed by atoms with van der Waals surface area (Å²) in [4.78, 5) is 0. The number of hydrogen-bond acceptors (Lipinski definition) is 3. The molecule has 94 valence electrons. The predicted octanol–water partition coefficient (Wildman–Crippen LogP) is 2.69. The van der Waals surface area contributed by atoms with Crippen LogP contribution < -0.4 is 0 Å². The van der Waals surface area contributed by atoms with E-state index in [-0.39, 0.29) is 18.1 Å². The monoisotopic (exact) mass is 244 g/mol. The van der Waals surface area contributed by atoms with Crippen LogP contribution in [-0.2, 0) is 6.42 Å². The maximum atomic E-state index is 9.99. The summed E-state index contributed by atoms with van der Waals surface area (Å²) < 4.78 is 0. The second-order valence-corrected chi connectivity index (χ2v) is 4.16. The van der Waals surface area contributed by atoms with Crippen molar-refractivity contribution in [2.75, 3.05) is 6.61 Å². The van der Waals surface area contributed by atoms with Gasteiger partial charge in [0, 0.05) is 17.7 Å². The second-order valence-electron chi connectivity index (χ2n) is 4.16. The molecule has 0 aromatic heterocycles. The van der Waals surface area contributed by atoms with E-state index in [0.29, 0.717) is 24.0 Å². The molecule has 0 heterocycles. The molecule has 3 N–H and O–H groups in total. The SMILES string of the molecule is OCCCc1cccc(O)c1-c1ccccc1O. The van der Waals surface area contributed by atoms with Crippen molar-refractivity contribution >= 4 is 0 Å². The van der Waals surface area contributed by atoms with Crippen molar-refractivity contribution in [1.29, 1.82) is 0 Å². The first-order chi connectivity index (χ1) is 8.74. The van der Waals surface area contributed by atoms with Crippen LogP contribution in [0.4, 0.5) is 0 Å². The Hall–Kier alpha value is -2.00. The molecule has 0 aliphatic carbocycles. The topological polar surface area (TPSA) is 60.7 Å². The van der Waals surface area contributed by atoms with Gasteiger partial charge < -0.3 is 15.3 Å². The molecule has 0 aliphatic rings. The molecular weight excluding hydrogens is 228 g/mol. The van der Waals surface area contributed by atoms with Gasteiger partial charge in [-0.2, -0.15) is 0 Å². The first kappa shape index (κ1) is 12.5. The molecule has 2 aromatic carbocycles. The molecule has 0 unspecified atom stereocenters. The number of hydrogen-bond donors (Lipinski definition) is 3. The number of phenolic OH excluding ortho intramolecular Hbond substituents is 2. The van der Waals surface area contributed by atoms with Gasteiger partial charge in [0.15, 0.2) is 0 Å². The van der Waals surface area contributed by atoms with Gasteiger partial charge >= 0.3 is 0 Å². The second kappa shape index (κ2) is 5.56. The fourth-order valence-electron chi connectivity index (χ4n) is 2.06. The van der Waals surface area contributed by atoms with Crippen molar-refractivity contribution in [3.8, 4) is 22.6 Å². The molecule has 0 atom stereocenters. The third-order valence-corrected chi connectivity index (χ3v) is 2.91. The Bertz CT molecular complexity index is 535. The lowest BCUT2D eigenvalue weighted by Gasteiger charge is -2.12. The summed E-state index contributed by atoms with van der Waals surface area (Å²) >= 11 is 0. The summed E-state index contributed by atoms with van der Waals surface area (Å²) in [7, 11) is 0. The maximum Gasteiger partial charge on any atom is 0.123 e. The molecule has 0 radical (unpaired) electrons. The van der Waals surface area contributed by atoms with Crippen molar-refractivity contribution in [1.82, 2.24) is 0 Å². The van der Waals surface area contributed by atoms with Crippen LogP contribution in [0.3, 0.4) is 0 Å². The van der Waals surface area contributed by atoms with Crippen LogP contribution in [0.1, 0.15) is 12.0 Å². The van der Waals surface area contributed by atoms with E-state index in [2.05, 4.69) is 0 Å². The molecule has 2 rings (SSSR count). The Labute approximate surface area is 106 Å². The van der Waals surface area contributed by atoms with Gasteiger partial charge in [0.05, 0.1) is 0 Å². The number of phenols is 2. The van der Waals surface area contributed by atoms with Crippen molar-refractivity contribution in [2.24, 2.45) is 0 Å². The lowest BCUT2D eigenvalue weighted by Crippen LogP contribution is -1.94. The van der Waals surface area contributed by atoms with Gasteiger partial charge in [-0.3, -0.25) is 0 Å². The fourth-order valence-corrected chi connectivity index (χ4v) is 2.06. The highest BCUT2D eigenvalue weighted by Gasteiger charge is 2.12. The minimum Gasteiger partial charge on any atom is -0.507 e. The number of aliphatic hydroxyl groups excluding tert-OH is 1. The minimum atomic E-state index is 0.107. The molecule has 0 fully saturated rings. The molecule has 18 heavy (non-hydrogen) atoms. The van der Waals surface area contributed by atoms with E-state index >= 15 is 0 Å². The quantitative estimate of drug-likeness (QED) is 0.775. The average Bonchev–Trinajstić information content (AvgIpc) is 2.38. The van der Waals surface area contributed by atoms with Gasteiger partial charge in [-0.15, -0.1) is 0 Å². The van der Waals surface area contributed by atoms with E-state index in [1.807, 2.05) is 12.1 Å². The van der Waals surface area contributed by atoms with E-state index in [0.717, 1.165) is 5.56 Å². The van der Waals surface area contributed by atoms with Gasteiger partial charge in [-0.1, -0.05) is 30.3 Å². The lowest BCUT2D eigenvalue weighted by atomic mass is 9.95. The smallest absolute Gasteiger partial charge is 0.123 e. The number of aryl methyl sites for hydroxylation is 1. The third-order valence-electron chi connectivity index (χ3n) is 2.91. The summed E-state index contributed by atoms with van der Waals surface area (Å²) in [6, 6.07) is 12.2. The van der Waals surface area contributed by atoms with Crippen molar-refractivity contribution in [3.63, 3.8) is 0 Å². The maximum absolute atomic E-state index is 9.99. The Kier molecular flexibility index (Phi) is 3.85. The Morgan fingerprint density at radius 3 is 2.28 bits per heavy atom. The van der Waals surface area contributed by atoms with Crippen LogP contribution >= 0.6 is 0 Å². The first-order valence-electron chi connectivity index (χ1n) is 5.94. The molecule has 0 saturated carbocycles. The summed E-state index contributed by atoms with van der Waals surface area (Å²) in [5.41, 5.74) is 2.18. The number of para-hydroxylation sites is 1. The summed E-state index contributed by atoms with van der Waals surface area (Å²) in [5.74, 6) is 0.288. The van der Waals surface area contributed by atoms with Gasteiger partial charge in [0.25, 0.3) is 0 Å². The van der Waals surface area contributed by atoms with Crippen LogP contribution in [0.15, 0.2) is 42.5 Å². The molecular formula is C15H16O3. The number of aliphatic hydroxyl groups is 1. The molecule has 3 nitrogen and oxygen atoms in total. The molecule has 2 aromatic rings. The average molecular weight is 244 g/mol. The lowest BCUT2D eigenvalue weighted by molar-refractivity contribution is 0.288. The van der Waals surface area contributed by atoms with Crippen molar-refractivity contribution < 1.29 is 15.3 Å². The van der Waals surface area contributed by atoms with Gasteiger partial charge in [-0.05, 0) is 30.5 Å². The Balaban J connectivity index is 2.52. The minimum absolute atomic E-state index is 0.107. The van der Waals surface area contributed by atoms with Crippen LogP contribution in [0.25, 0.3) is 11.1 Å². The highest BCUT2D eigenvalue weighted by atomic mass is 16.3. The third kappa shape index (κ3) is 2.46. The predicted molar refractivity (Wildman–Crippen MR) is 70.6 cm³/mol. The largest absolute Gasteiger partial charge is 0.507 e. The standard InChI is InChI=1S/C15H16O3/c16-10-4-6-11-5-3-9-14(18)15(11)12-7-1-2-8-13(12)17/h1-3,5,7-9,16-18H,4,6,10H2. The molecule has 0 amide bonds. The van der Waals surface area contributed by atoms with Gasteiger partial charge in [0.1, 0.15) is 11.5 Å². The van der Waals surface area contributed by atoms with Crippen LogP contribution in [0, 0.1) is 0 Å². The zero-order valence-electron chi connectivity index (χ0n) is 10.0. The van der Waals surface area contributed by atoms with Crippen molar-refractivity contribution in [3.05, 3.63) is 48.0 Å². The number of benzene rings is 2. The van der Waals surface area contributed by atoms with E-state index < -0.39 is 0 Å². The first-order valence-corrected chi connectivity index (χ1v) is 5.94.